The molecule has 3 rings (SSSR count). The minimum atomic E-state index is -0.313. The zero-order valence-electron chi connectivity index (χ0n) is 12.8. The molecule has 0 radical (unpaired) electrons. The third kappa shape index (κ3) is 3.10. The van der Waals surface area contributed by atoms with Gasteiger partial charge in [0.05, 0.1) is 17.8 Å². The van der Waals surface area contributed by atoms with E-state index in [0.717, 1.165) is 50.8 Å². The second-order valence-electron chi connectivity index (χ2n) is 6.35. The minimum Gasteiger partial charge on any atom is -0.332 e. The van der Waals surface area contributed by atoms with Crippen LogP contribution in [0.1, 0.15) is 51.1 Å². The SMILES string of the molecule is CCCC1(C(=O)N(Cc2ccccn2)C2CC2)CCCN1. The van der Waals surface area contributed by atoms with Crippen LogP contribution in [0.25, 0.3) is 0 Å². The third-order valence-corrected chi connectivity index (χ3v) is 4.64. The molecule has 0 bridgehead atoms. The molecule has 1 saturated carbocycles. The maximum Gasteiger partial charge on any atom is 0.243 e. The third-order valence-electron chi connectivity index (χ3n) is 4.64. The van der Waals surface area contributed by atoms with Crippen LogP contribution in [0.2, 0.25) is 0 Å². The number of carbonyl (C=O) groups is 1. The van der Waals surface area contributed by atoms with Crippen molar-refractivity contribution in [3.8, 4) is 0 Å². The molecule has 2 aliphatic rings. The Balaban J connectivity index is 1.78. The highest BCUT2D eigenvalue weighted by molar-refractivity contribution is 5.87. The number of nitrogens with zero attached hydrogens (tertiary/aromatic N) is 2. The highest BCUT2D eigenvalue weighted by Gasteiger charge is 2.46. The van der Waals surface area contributed by atoms with Crippen LogP contribution in [0.5, 0.6) is 0 Å². The standard InChI is InChI=1S/C17H25N3O/c1-2-9-17(10-5-12-19-17)16(21)20(15-7-8-15)13-14-6-3-4-11-18-14/h3-4,6,11,15,19H,2,5,7-10,12-13H2,1H3. The molecule has 1 aliphatic carbocycles. The lowest BCUT2D eigenvalue weighted by Gasteiger charge is -2.34. The van der Waals surface area contributed by atoms with Crippen molar-refractivity contribution in [2.75, 3.05) is 6.54 Å². The number of pyridine rings is 1. The molecular weight excluding hydrogens is 262 g/mol. The lowest BCUT2D eigenvalue weighted by atomic mass is 9.90. The Labute approximate surface area is 126 Å². The van der Waals surface area contributed by atoms with E-state index >= 15 is 0 Å². The van der Waals surface area contributed by atoms with Gasteiger partial charge in [-0.3, -0.25) is 9.78 Å². The van der Waals surface area contributed by atoms with Gasteiger partial charge in [0, 0.05) is 12.2 Å². The summed E-state index contributed by atoms with van der Waals surface area (Å²) in [6.45, 7) is 3.78. The van der Waals surface area contributed by atoms with E-state index in [4.69, 9.17) is 0 Å². The minimum absolute atomic E-state index is 0.301. The van der Waals surface area contributed by atoms with E-state index in [1.165, 1.54) is 0 Å². The number of amides is 1. The van der Waals surface area contributed by atoms with Crippen LogP contribution in [0, 0.1) is 0 Å². The normalized spacial score (nSPS) is 25.0. The van der Waals surface area contributed by atoms with Crippen molar-refractivity contribution in [2.45, 2.75) is 63.6 Å². The zero-order valence-corrected chi connectivity index (χ0v) is 12.8. The predicted octanol–water partition coefficient (Wildman–Crippen LogP) is 2.49. The van der Waals surface area contributed by atoms with Crippen LogP contribution in [0.15, 0.2) is 24.4 Å². The molecule has 4 heteroatoms. The lowest BCUT2D eigenvalue weighted by Crippen LogP contribution is -2.55. The van der Waals surface area contributed by atoms with Crippen molar-refractivity contribution >= 4 is 5.91 Å². The molecular formula is C17H25N3O. The first-order valence-electron chi connectivity index (χ1n) is 8.21. The second kappa shape index (κ2) is 6.14. The molecule has 114 valence electrons. The molecule has 1 atom stereocenters. The van der Waals surface area contributed by atoms with Gasteiger partial charge in [-0.15, -0.1) is 0 Å². The van der Waals surface area contributed by atoms with Gasteiger partial charge >= 0.3 is 0 Å². The number of rotatable bonds is 6. The van der Waals surface area contributed by atoms with E-state index in [1.54, 1.807) is 6.20 Å². The Morgan fingerprint density at radius 3 is 2.90 bits per heavy atom. The Morgan fingerprint density at radius 2 is 2.33 bits per heavy atom. The van der Waals surface area contributed by atoms with E-state index in [-0.39, 0.29) is 5.54 Å². The van der Waals surface area contributed by atoms with E-state index in [0.29, 0.717) is 18.5 Å². The first kappa shape index (κ1) is 14.5. The Morgan fingerprint density at radius 1 is 1.48 bits per heavy atom. The summed E-state index contributed by atoms with van der Waals surface area (Å²) in [4.78, 5) is 19.7. The van der Waals surface area contributed by atoms with E-state index in [1.807, 2.05) is 18.2 Å². The fraction of sp³-hybridized carbons (Fsp3) is 0.647. The predicted molar refractivity (Wildman–Crippen MR) is 82.7 cm³/mol. The topological polar surface area (TPSA) is 45.2 Å². The van der Waals surface area contributed by atoms with E-state index < -0.39 is 0 Å². The van der Waals surface area contributed by atoms with Crippen LogP contribution in [-0.2, 0) is 11.3 Å². The molecule has 1 saturated heterocycles. The lowest BCUT2D eigenvalue weighted by molar-refractivity contribution is -0.139. The Bertz CT molecular complexity index is 478. The summed E-state index contributed by atoms with van der Waals surface area (Å²) < 4.78 is 0. The number of hydrogen-bond acceptors (Lipinski definition) is 3. The van der Waals surface area contributed by atoms with Crippen molar-refractivity contribution in [2.24, 2.45) is 0 Å². The van der Waals surface area contributed by atoms with Crippen LogP contribution < -0.4 is 5.32 Å². The second-order valence-corrected chi connectivity index (χ2v) is 6.35. The van der Waals surface area contributed by atoms with Crippen molar-refractivity contribution in [3.63, 3.8) is 0 Å². The highest BCUT2D eigenvalue weighted by Crippen LogP contribution is 2.34. The number of nitrogens with one attached hydrogen (secondary N) is 1. The van der Waals surface area contributed by atoms with Gasteiger partial charge < -0.3 is 10.2 Å². The molecule has 1 unspecified atom stereocenters. The van der Waals surface area contributed by atoms with Crippen LogP contribution in [-0.4, -0.2) is 33.9 Å². The summed E-state index contributed by atoms with van der Waals surface area (Å²) in [7, 11) is 0. The summed E-state index contributed by atoms with van der Waals surface area (Å²) in [5.41, 5.74) is 0.675. The molecule has 2 fully saturated rings. The van der Waals surface area contributed by atoms with Crippen molar-refractivity contribution < 1.29 is 4.79 Å². The monoisotopic (exact) mass is 287 g/mol. The van der Waals surface area contributed by atoms with Crippen molar-refractivity contribution in [1.82, 2.24) is 15.2 Å². The molecule has 1 aromatic rings. The average Bonchev–Trinajstić information content (AvgIpc) is 3.24. The molecule has 1 aromatic heterocycles. The van der Waals surface area contributed by atoms with E-state index in [9.17, 15) is 4.79 Å². The largest absolute Gasteiger partial charge is 0.332 e. The van der Waals surface area contributed by atoms with Gasteiger partial charge in [0.15, 0.2) is 0 Å². The maximum atomic E-state index is 13.2. The molecule has 1 amide bonds. The van der Waals surface area contributed by atoms with Gasteiger partial charge in [-0.2, -0.15) is 0 Å². The molecule has 0 spiro atoms. The molecule has 21 heavy (non-hydrogen) atoms. The summed E-state index contributed by atoms with van der Waals surface area (Å²) in [6, 6.07) is 6.35. The van der Waals surface area contributed by atoms with Gasteiger partial charge in [0.1, 0.15) is 0 Å². The molecule has 2 heterocycles. The fourth-order valence-corrected chi connectivity index (χ4v) is 3.43. The smallest absolute Gasteiger partial charge is 0.243 e. The first-order chi connectivity index (χ1) is 10.2. The molecule has 0 aromatic carbocycles. The van der Waals surface area contributed by atoms with Crippen LogP contribution in [0.4, 0.5) is 0 Å². The fourth-order valence-electron chi connectivity index (χ4n) is 3.43. The highest BCUT2D eigenvalue weighted by atomic mass is 16.2. The Hall–Kier alpha value is -1.42. The molecule has 1 N–H and O–H groups in total. The Kier molecular flexibility index (Phi) is 4.24. The average molecular weight is 287 g/mol. The van der Waals surface area contributed by atoms with Gasteiger partial charge in [-0.05, 0) is 50.8 Å². The maximum absolute atomic E-state index is 13.2. The van der Waals surface area contributed by atoms with Gasteiger partial charge in [-0.1, -0.05) is 19.4 Å². The van der Waals surface area contributed by atoms with Gasteiger partial charge in [0.2, 0.25) is 5.91 Å². The summed E-state index contributed by atoms with van der Waals surface area (Å²) >= 11 is 0. The van der Waals surface area contributed by atoms with Crippen molar-refractivity contribution in [1.29, 1.82) is 0 Å². The molecule has 1 aliphatic heterocycles. The molecule has 4 nitrogen and oxygen atoms in total. The van der Waals surface area contributed by atoms with Gasteiger partial charge in [0.25, 0.3) is 0 Å². The number of carbonyl (C=O) groups excluding carboxylic acids is 1. The van der Waals surface area contributed by atoms with Crippen LogP contribution >= 0.6 is 0 Å². The first-order valence-corrected chi connectivity index (χ1v) is 8.21. The summed E-state index contributed by atoms with van der Waals surface area (Å²) in [5, 5.41) is 3.51. The summed E-state index contributed by atoms with van der Waals surface area (Å²) in [5.74, 6) is 0.301. The zero-order chi connectivity index (χ0) is 14.7. The van der Waals surface area contributed by atoms with E-state index in [2.05, 4.69) is 22.1 Å². The number of hydrogen-bond donors (Lipinski definition) is 1. The van der Waals surface area contributed by atoms with Crippen LogP contribution in [0.3, 0.4) is 0 Å². The summed E-state index contributed by atoms with van der Waals surface area (Å²) in [6.07, 6.45) is 8.15. The number of aromatic nitrogens is 1. The quantitative estimate of drug-likeness (QED) is 0.874. The van der Waals surface area contributed by atoms with Crippen molar-refractivity contribution in [3.05, 3.63) is 30.1 Å². The van der Waals surface area contributed by atoms with Gasteiger partial charge in [-0.25, -0.2) is 0 Å².